The fourth-order valence-corrected chi connectivity index (χ4v) is 2.11. The van der Waals surface area contributed by atoms with Crippen LogP contribution in [0.25, 0.3) is 0 Å². The number of hydrogen-bond donors (Lipinski definition) is 2. The highest BCUT2D eigenvalue weighted by Crippen LogP contribution is 2.28. The van der Waals surface area contributed by atoms with Gasteiger partial charge >= 0.3 is 0 Å². The quantitative estimate of drug-likeness (QED) is 0.648. The highest BCUT2D eigenvalue weighted by Gasteiger charge is 2.33. The van der Waals surface area contributed by atoms with Gasteiger partial charge in [0.05, 0.1) is 11.6 Å². The topological polar surface area (TPSA) is 45.7 Å². The molecule has 1 fully saturated rings. The molecule has 4 nitrogen and oxygen atoms in total. The van der Waals surface area contributed by atoms with Crippen molar-refractivity contribution in [2.24, 2.45) is 10.9 Å². The van der Waals surface area contributed by atoms with Gasteiger partial charge < -0.3 is 15.4 Å². The SMILES string of the molecule is CN=C(NCC(C)Oc1ccccc1Cl)NC1CC1C. The molecule has 1 aromatic carbocycles. The third-order valence-electron chi connectivity index (χ3n) is 3.38. The Kier molecular flexibility index (Phi) is 5.12. The van der Waals surface area contributed by atoms with E-state index in [0.29, 0.717) is 23.4 Å². The van der Waals surface area contributed by atoms with Gasteiger partial charge in [-0.05, 0) is 31.4 Å². The van der Waals surface area contributed by atoms with Gasteiger partial charge in [-0.1, -0.05) is 30.7 Å². The van der Waals surface area contributed by atoms with Crippen LogP contribution in [0.3, 0.4) is 0 Å². The van der Waals surface area contributed by atoms with Crippen LogP contribution in [-0.2, 0) is 0 Å². The van der Waals surface area contributed by atoms with Gasteiger partial charge in [-0.25, -0.2) is 0 Å². The number of para-hydroxylation sites is 1. The van der Waals surface area contributed by atoms with Crippen LogP contribution < -0.4 is 15.4 Å². The molecule has 0 aliphatic heterocycles. The molecule has 0 radical (unpaired) electrons. The monoisotopic (exact) mass is 295 g/mol. The van der Waals surface area contributed by atoms with E-state index in [-0.39, 0.29) is 6.10 Å². The molecule has 0 saturated heterocycles. The van der Waals surface area contributed by atoms with Crippen LogP contribution in [0.2, 0.25) is 5.02 Å². The third-order valence-corrected chi connectivity index (χ3v) is 3.69. The first kappa shape index (κ1) is 15.0. The summed E-state index contributed by atoms with van der Waals surface area (Å²) in [4.78, 5) is 4.21. The number of halogens is 1. The summed E-state index contributed by atoms with van der Waals surface area (Å²) in [5, 5.41) is 7.28. The lowest BCUT2D eigenvalue weighted by atomic mass is 10.3. The molecule has 1 aliphatic carbocycles. The Morgan fingerprint density at radius 2 is 2.20 bits per heavy atom. The first-order valence-electron chi connectivity index (χ1n) is 6.98. The van der Waals surface area contributed by atoms with Crippen molar-refractivity contribution in [2.45, 2.75) is 32.4 Å². The highest BCUT2D eigenvalue weighted by atomic mass is 35.5. The highest BCUT2D eigenvalue weighted by molar-refractivity contribution is 6.32. The van der Waals surface area contributed by atoms with Gasteiger partial charge in [-0.3, -0.25) is 4.99 Å². The molecule has 20 heavy (non-hydrogen) atoms. The average molecular weight is 296 g/mol. The van der Waals surface area contributed by atoms with Crippen molar-refractivity contribution in [2.75, 3.05) is 13.6 Å². The van der Waals surface area contributed by atoms with Crippen molar-refractivity contribution < 1.29 is 4.74 Å². The number of ether oxygens (including phenoxy) is 1. The number of aliphatic imine (C=N–C) groups is 1. The number of guanidine groups is 1. The second-order valence-corrected chi connectivity index (χ2v) is 5.68. The van der Waals surface area contributed by atoms with Crippen LogP contribution in [0.1, 0.15) is 20.3 Å². The van der Waals surface area contributed by atoms with Gasteiger partial charge in [-0.15, -0.1) is 0 Å². The van der Waals surface area contributed by atoms with E-state index in [4.69, 9.17) is 16.3 Å². The molecule has 0 amide bonds. The molecule has 1 aromatic rings. The summed E-state index contributed by atoms with van der Waals surface area (Å²) in [5.74, 6) is 2.28. The molecule has 0 aromatic heterocycles. The van der Waals surface area contributed by atoms with Crippen LogP contribution in [-0.4, -0.2) is 31.7 Å². The summed E-state index contributed by atoms with van der Waals surface area (Å²) < 4.78 is 5.80. The fraction of sp³-hybridized carbons (Fsp3) is 0.533. The van der Waals surface area contributed by atoms with Gasteiger partial charge in [0, 0.05) is 13.1 Å². The standard InChI is InChI=1S/C15H22ClN3O/c1-10-8-13(10)19-15(17-3)18-9-11(2)20-14-7-5-4-6-12(14)16/h4-7,10-11,13H,8-9H2,1-3H3,(H2,17,18,19). The van der Waals surface area contributed by atoms with E-state index < -0.39 is 0 Å². The molecule has 0 heterocycles. The first-order valence-corrected chi connectivity index (χ1v) is 7.36. The van der Waals surface area contributed by atoms with E-state index in [1.807, 2.05) is 31.2 Å². The molecule has 5 heteroatoms. The predicted octanol–water partition coefficient (Wildman–Crippen LogP) is 2.68. The minimum atomic E-state index is 0.00470. The van der Waals surface area contributed by atoms with Gasteiger partial charge in [0.2, 0.25) is 0 Å². The second-order valence-electron chi connectivity index (χ2n) is 5.28. The van der Waals surface area contributed by atoms with Gasteiger partial charge in [0.25, 0.3) is 0 Å². The van der Waals surface area contributed by atoms with E-state index in [0.717, 1.165) is 11.9 Å². The van der Waals surface area contributed by atoms with Crippen molar-refractivity contribution in [3.05, 3.63) is 29.3 Å². The minimum absolute atomic E-state index is 0.00470. The molecule has 2 rings (SSSR count). The summed E-state index contributed by atoms with van der Waals surface area (Å²) in [7, 11) is 1.78. The summed E-state index contributed by atoms with van der Waals surface area (Å²) in [6.45, 7) is 4.91. The van der Waals surface area contributed by atoms with Crippen LogP contribution in [0, 0.1) is 5.92 Å². The maximum absolute atomic E-state index is 6.07. The zero-order valence-corrected chi connectivity index (χ0v) is 12.9. The smallest absolute Gasteiger partial charge is 0.191 e. The lowest BCUT2D eigenvalue weighted by Crippen LogP contribution is -2.43. The Hall–Kier alpha value is -1.42. The van der Waals surface area contributed by atoms with Crippen LogP contribution >= 0.6 is 11.6 Å². The van der Waals surface area contributed by atoms with Crippen molar-refractivity contribution in [1.82, 2.24) is 10.6 Å². The molecule has 110 valence electrons. The molecule has 1 saturated carbocycles. The Morgan fingerprint density at radius 3 is 2.80 bits per heavy atom. The van der Waals surface area contributed by atoms with E-state index >= 15 is 0 Å². The number of benzene rings is 1. The maximum Gasteiger partial charge on any atom is 0.191 e. The van der Waals surface area contributed by atoms with E-state index in [9.17, 15) is 0 Å². The largest absolute Gasteiger partial charge is 0.487 e. The van der Waals surface area contributed by atoms with Crippen molar-refractivity contribution >= 4 is 17.6 Å². The molecule has 2 N–H and O–H groups in total. The van der Waals surface area contributed by atoms with Crippen LogP contribution in [0.5, 0.6) is 5.75 Å². The lowest BCUT2D eigenvalue weighted by Gasteiger charge is -2.18. The summed E-state index contributed by atoms with van der Waals surface area (Å²) in [6.07, 6.45) is 1.22. The molecule has 0 spiro atoms. The average Bonchev–Trinajstić information content (AvgIpc) is 3.12. The van der Waals surface area contributed by atoms with Crippen molar-refractivity contribution in [1.29, 1.82) is 0 Å². The number of nitrogens with one attached hydrogen (secondary N) is 2. The summed E-state index contributed by atoms with van der Waals surface area (Å²) in [5.41, 5.74) is 0. The zero-order valence-electron chi connectivity index (χ0n) is 12.2. The number of rotatable bonds is 5. The van der Waals surface area contributed by atoms with Gasteiger partial charge in [0.1, 0.15) is 11.9 Å². The predicted molar refractivity (Wildman–Crippen MR) is 83.6 cm³/mol. The minimum Gasteiger partial charge on any atom is -0.487 e. The molecule has 3 unspecified atom stereocenters. The molecule has 3 atom stereocenters. The Bertz CT molecular complexity index is 478. The summed E-state index contributed by atoms with van der Waals surface area (Å²) in [6, 6.07) is 8.06. The van der Waals surface area contributed by atoms with Crippen molar-refractivity contribution in [3.63, 3.8) is 0 Å². The molecular formula is C15H22ClN3O. The molecule has 0 bridgehead atoms. The van der Waals surface area contributed by atoms with E-state index in [1.165, 1.54) is 6.42 Å². The first-order chi connectivity index (χ1) is 9.60. The summed E-state index contributed by atoms with van der Waals surface area (Å²) >= 11 is 6.07. The van der Waals surface area contributed by atoms with E-state index in [2.05, 4.69) is 22.5 Å². The van der Waals surface area contributed by atoms with Crippen LogP contribution in [0.15, 0.2) is 29.3 Å². The number of nitrogens with zero attached hydrogens (tertiary/aromatic N) is 1. The van der Waals surface area contributed by atoms with Crippen LogP contribution in [0.4, 0.5) is 0 Å². The Morgan fingerprint density at radius 1 is 1.50 bits per heavy atom. The molecule has 1 aliphatic rings. The van der Waals surface area contributed by atoms with Gasteiger partial charge in [0.15, 0.2) is 5.96 Å². The van der Waals surface area contributed by atoms with Gasteiger partial charge in [-0.2, -0.15) is 0 Å². The van der Waals surface area contributed by atoms with Crippen molar-refractivity contribution in [3.8, 4) is 5.75 Å². The normalized spacial score (nSPS) is 23.1. The third kappa shape index (κ3) is 4.30. The zero-order chi connectivity index (χ0) is 14.5. The maximum atomic E-state index is 6.07. The molecular weight excluding hydrogens is 274 g/mol. The van der Waals surface area contributed by atoms with E-state index in [1.54, 1.807) is 7.05 Å². The number of hydrogen-bond acceptors (Lipinski definition) is 2. The fourth-order valence-electron chi connectivity index (χ4n) is 1.93. The Labute approximate surface area is 125 Å². The lowest BCUT2D eigenvalue weighted by molar-refractivity contribution is 0.224. The Balaban J connectivity index is 1.76. The second kappa shape index (κ2) is 6.84.